The quantitative estimate of drug-likeness (QED) is 0.345. The number of thiophene rings is 1. The molecule has 0 radical (unpaired) electrons. The Morgan fingerprint density at radius 2 is 1.78 bits per heavy atom. The molecule has 2 aromatic carbocycles. The van der Waals surface area contributed by atoms with Gasteiger partial charge in [0.15, 0.2) is 5.16 Å². The van der Waals surface area contributed by atoms with Gasteiger partial charge in [-0.3, -0.25) is 9.36 Å². The Kier molecular flexibility index (Phi) is 4.88. The number of para-hydroxylation sites is 1. The summed E-state index contributed by atoms with van der Waals surface area (Å²) in [6.07, 6.45) is 2.31. The van der Waals surface area contributed by atoms with Gasteiger partial charge >= 0.3 is 0 Å². The monoisotopic (exact) mass is 457 g/mol. The van der Waals surface area contributed by atoms with Crippen molar-refractivity contribution in [3.63, 3.8) is 0 Å². The van der Waals surface area contributed by atoms with E-state index in [-0.39, 0.29) is 5.56 Å². The van der Waals surface area contributed by atoms with Crippen molar-refractivity contribution in [1.29, 1.82) is 0 Å². The summed E-state index contributed by atoms with van der Waals surface area (Å²) < 4.78 is 2.14. The number of hydrogen-bond donors (Lipinski definition) is 1. The minimum absolute atomic E-state index is 0.103. The summed E-state index contributed by atoms with van der Waals surface area (Å²) >= 11 is 3.04. The number of rotatable bonds is 6. The van der Waals surface area contributed by atoms with Crippen LogP contribution >= 0.6 is 23.1 Å². The molecule has 1 aliphatic carbocycles. The zero-order valence-corrected chi connectivity index (χ0v) is 18.7. The lowest BCUT2D eigenvalue weighted by molar-refractivity contribution is 0.828. The minimum atomic E-state index is -0.103. The molecular formula is C24H19N5OS2. The van der Waals surface area contributed by atoms with Gasteiger partial charge in [0.1, 0.15) is 16.5 Å². The Bertz CT molecular complexity index is 1450. The molecule has 158 valence electrons. The number of H-pyrrole nitrogens is 1. The fourth-order valence-corrected chi connectivity index (χ4v) is 5.62. The lowest BCUT2D eigenvalue weighted by Crippen LogP contribution is -2.11. The van der Waals surface area contributed by atoms with Crippen LogP contribution in [0.1, 0.15) is 30.4 Å². The summed E-state index contributed by atoms with van der Waals surface area (Å²) in [6, 6.07) is 20.1. The first-order valence-electron chi connectivity index (χ1n) is 10.5. The molecule has 0 amide bonds. The van der Waals surface area contributed by atoms with E-state index in [4.69, 9.17) is 4.98 Å². The average Bonchev–Trinajstić information content (AvgIpc) is 3.44. The molecule has 6 nitrogen and oxygen atoms in total. The zero-order valence-electron chi connectivity index (χ0n) is 17.1. The highest BCUT2D eigenvalue weighted by molar-refractivity contribution is 7.98. The standard InChI is InChI=1S/C24H19N5OS2/c30-22-20-18(15-7-3-1-4-8-15)13-31-23(20)26-19(25-22)14-32-24-28-27-21(16-11-12-16)29(24)17-9-5-2-6-10-17/h1-10,13,16H,11-12,14H2,(H,25,26,30). The average molecular weight is 458 g/mol. The summed E-state index contributed by atoms with van der Waals surface area (Å²) in [7, 11) is 0. The molecule has 0 atom stereocenters. The SMILES string of the molecule is O=c1[nH]c(CSc2nnc(C3CC3)n2-c2ccccc2)nc2scc(-c3ccccc3)c12. The van der Waals surface area contributed by atoms with Gasteiger partial charge in [-0.25, -0.2) is 4.98 Å². The second kappa shape index (κ2) is 8.03. The van der Waals surface area contributed by atoms with E-state index in [1.807, 2.05) is 53.9 Å². The normalized spacial score (nSPS) is 13.6. The number of fused-ring (bicyclic) bond motifs is 1. The topological polar surface area (TPSA) is 76.5 Å². The summed E-state index contributed by atoms with van der Waals surface area (Å²) in [5.41, 5.74) is 2.91. The first-order valence-corrected chi connectivity index (χ1v) is 12.3. The van der Waals surface area contributed by atoms with Crippen LogP contribution in [-0.4, -0.2) is 24.7 Å². The molecule has 3 aromatic heterocycles. The Morgan fingerprint density at radius 3 is 2.53 bits per heavy atom. The van der Waals surface area contributed by atoms with Crippen molar-refractivity contribution in [1.82, 2.24) is 24.7 Å². The maximum absolute atomic E-state index is 12.9. The van der Waals surface area contributed by atoms with Crippen molar-refractivity contribution in [3.05, 3.63) is 88.0 Å². The van der Waals surface area contributed by atoms with E-state index in [2.05, 4.69) is 31.9 Å². The van der Waals surface area contributed by atoms with Crippen LogP contribution in [-0.2, 0) is 5.75 Å². The fraction of sp³-hybridized carbons (Fsp3) is 0.167. The number of nitrogens with zero attached hydrogens (tertiary/aromatic N) is 4. The third-order valence-electron chi connectivity index (χ3n) is 5.53. The van der Waals surface area contributed by atoms with Crippen molar-refractivity contribution < 1.29 is 0 Å². The third-order valence-corrected chi connectivity index (χ3v) is 7.34. The molecule has 1 aliphatic rings. The lowest BCUT2D eigenvalue weighted by Gasteiger charge is -2.09. The van der Waals surface area contributed by atoms with Crippen LogP contribution in [0.5, 0.6) is 0 Å². The van der Waals surface area contributed by atoms with Crippen LogP contribution < -0.4 is 5.56 Å². The molecule has 1 saturated carbocycles. The Labute approximate surface area is 192 Å². The predicted molar refractivity (Wildman–Crippen MR) is 129 cm³/mol. The molecule has 5 aromatic rings. The molecule has 0 saturated heterocycles. The van der Waals surface area contributed by atoms with E-state index in [9.17, 15) is 4.79 Å². The van der Waals surface area contributed by atoms with Gasteiger partial charge in [0.05, 0.1) is 11.1 Å². The molecule has 1 fully saturated rings. The number of aromatic amines is 1. The van der Waals surface area contributed by atoms with Crippen LogP contribution in [0, 0.1) is 0 Å². The first-order chi connectivity index (χ1) is 15.8. The fourth-order valence-electron chi connectivity index (χ4n) is 3.83. The van der Waals surface area contributed by atoms with Gasteiger partial charge in [-0.15, -0.1) is 21.5 Å². The van der Waals surface area contributed by atoms with Gasteiger partial charge in [-0.2, -0.15) is 0 Å². The van der Waals surface area contributed by atoms with Crippen molar-refractivity contribution in [2.24, 2.45) is 0 Å². The highest BCUT2D eigenvalue weighted by atomic mass is 32.2. The van der Waals surface area contributed by atoms with Crippen LogP contribution in [0.3, 0.4) is 0 Å². The second-order valence-electron chi connectivity index (χ2n) is 7.78. The van der Waals surface area contributed by atoms with Crippen molar-refractivity contribution in [2.75, 3.05) is 0 Å². The number of benzene rings is 2. The van der Waals surface area contributed by atoms with Gasteiger partial charge in [0.25, 0.3) is 5.56 Å². The zero-order chi connectivity index (χ0) is 21.5. The summed E-state index contributed by atoms with van der Waals surface area (Å²) in [5.74, 6) is 2.65. The molecule has 1 N–H and O–H groups in total. The Hall–Kier alpha value is -3.23. The molecule has 0 spiro atoms. The predicted octanol–water partition coefficient (Wildman–Crippen LogP) is 5.40. The van der Waals surface area contributed by atoms with Crippen LogP contribution in [0.15, 0.2) is 76.0 Å². The van der Waals surface area contributed by atoms with Gasteiger partial charge in [-0.05, 0) is 30.5 Å². The molecule has 8 heteroatoms. The third kappa shape index (κ3) is 3.55. The van der Waals surface area contributed by atoms with E-state index in [1.54, 1.807) is 11.8 Å². The van der Waals surface area contributed by atoms with E-state index < -0.39 is 0 Å². The summed E-state index contributed by atoms with van der Waals surface area (Å²) in [4.78, 5) is 21.4. The lowest BCUT2D eigenvalue weighted by atomic mass is 10.1. The van der Waals surface area contributed by atoms with Crippen LogP contribution in [0.25, 0.3) is 27.0 Å². The Morgan fingerprint density at radius 1 is 1.03 bits per heavy atom. The second-order valence-corrected chi connectivity index (χ2v) is 9.58. The molecule has 3 heterocycles. The smallest absolute Gasteiger partial charge is 0.260 e. The van der Waals surface area contributed by atoms with Crippen molar-refractivity contribution in [2.45, 2.75) is 29.7 Å². The maximum atomic E-state index is 12.9. The largest absolute Gasteiger partial charge is 0.309 e. The van der Waals surface area contributed by atoms with Gasteiger partial charge in [-0.1, -0.05) is 60.3 Å². The van der Waals surface area contributed by atoms with Crippen LogP contribution in [0.4, 0.5) is 0 Å². The minimum Gasteiger partial charge on any atom is -0.309 e. The molecule has 32 heavy (non-hydrogen) atoms. The molecular weight excluding hydrogens is 438 g/mol. The molecule has 0 bridgehead atoms. The first kappa shape index (κ1) is 19.5. The highest BCUT2D eigenvalue weighted by Crippen LogP contribution is 2.41. The van der Waals surface area contributed by atoms with Gasteiger partial charge < -0.3 is 4.98 Å². The van der Waals surface area contributed by atoms with Gasteiger partial charge in [0, 0.05) is 22.5 Å². The van der Waals surface area contributed by atoms with Crippen molar-refractivity contribution in [3.8, 4) is 16.8 Å². The number of aromatic nitrogens is 5. The highest BCUT2D eigenvalue weighted by Gasteiger charge is 2.31. The molecule has 0 aliphatic heterocycles. The molecule has 6 rings (SSSR count). The Balaban J connectivity index is 1.32. The van der Waals surface area contributed by atoms with E-state index >= 15 is 0 Å². The molecule has 0 unspecified atom stereocenters. The number of nitrogens with one attached hydrogen (secondary N) is 1. The summed E-state index contributed by atoms with van der Waals surface area (Å²) in [5, 5.41) is 12.4. The number of hydrogen-bond acceptors (Lipinski definition) is 6. The number of thioether (sulfide) groups is 1. The maximum Gasteiger partial charge on any atom is 0.260 e. The summed E-state index contributed by atoms with van der Waals surface area (Å²) in [6.45, 7) is 0. The van der Waals surface area contributed by atoms with Gasteiger partial charge in [0.2, 0.25) is 0 Å². The van der Waals surface area contributed by atoms with Crippen LogP contribution in [0.2, 0.25) is 0 Å². The van der Waals surface area contributed by atoms with E-state index in [1.165, 1.54) is 11.3 Å². The van der Waals surface area contributed by atoms with E-state index in [0.717, 1.165) is 45.5 Å². The van der Waals surface area contributed by atoms with E-state index in [0.29, 0.717) is 22.9 Å². The van der Waals surface area contributed by atoms with Crippen molar-refractivity contribution >= 4 is 33.3 Å².